The maximum atomic E-state index is 13.4. The molecule has 0 saturated carbocycles. The van der Waals surface area contributed by atoms with E-state index < -0.39 is 11.1 Å². The third kappa shape index (κ3) is 4.76. The maximum absolute atomic E-state index is 13.4. The number of rotatable bonds is 2. The molecule has 0 N–H and O–H groups in total. The largest absolute Gasteiger partial charge is 0.449 e. The zero-order chi connectivity index (χ0) is 24.8. The van der Waals surface area contributed by atoms with Gasteiger partial charge >= 0.3 is 6.09 Å². The third-order valence-corrected chi connectivity index (χ3v) is 5.81. The van der Waals surface area contributed by atoms with Crippen molar-refractivity contribution in [2.75, 3.05) is 19.6 Å². The highest BCUT2D eigenvalue weighted by atomic mass is 19.1. The molecule has 1 aliphatic rings. The maximum Gasteiger partial charge on any atom is 0.410 e. The first kappa shape index (κ1) is 23.7. The molecule has 1 aliphatic heterocycles. The summed E-state index contributed by atoms with van der Waals surface area (Å²) in [6.45, 7) is 12.3. The summed E-state index contributed by atoms with van der Waals surface area (Å²) in [5, 5.41) is 0. The van der Waals surface area contributed by atoms with Crippen LogP contribution in [-0.2, 0) is 4.74 Å². The Kier molecular flexibility index (Phi) is 5.87. The topological polar surface area (TPSA) is 75.9 Å². The fourth-order valence-electron chi connectivity index (χ4n) is 4.20. The van der Waals surface area contributed by atoms with Crippen LogP contribution in [0, 0.1) is 12.7 Å². The van der Waals surface area contributed by atoms with Crippen LogP contribution >= 0.6 is 0 Å². The summed E-state index contributed by atoms with van der Waals surface area (Å²) < 4.78 is 24.7. The first-order valence-electron chi connectivity index (χ1n) is 11.3. The van der Waals surface area contributed by atoms with Crippen LogP contribution in [0.15, 0.2) is 40.8 Å². The Labute approximate surface area is 198 Å². The molecule has 34 heavy (non-hydrogen) atoms. The van der Waals surface area contributed by atoms with Gasteiger partial charge in [0.2, 0.25) is 0 Å². The van der Waals surface area contributed by atoms with Crippen LogP contribution in [-0.4, -0.2) is 57.6 Å². The van der Waals surface area contributed by atoms with E-state index in [0.717, 1.165) is 11.1 Å². The number of nitrogens with zero attached hydrogens (tertiary/aromatic N) is 3. The number of piperazine rings is 1. The SMILES string of the molecule is Cc1cc(-c2ccc(F)cc2)nc2cc(C(=O)N3CCN(C(=O)OC(C)(C)C)CC3(C)C)oc12. The summed E-state index contributed by atoms with van der Waals surface area (Å²) >= 11 is 0. The van der Waals surface area contributed by atoms with E-state index in [9.17, 15) is 14.0 Å². The normalized spacial score (nSPS) is 16.1. The molecule has 0 bridgehead atoms. The van der Waals surface area contributed by atoms with E-state index in [1.807, 2.05) is 47.6 Å². The molecule has 180 valence electrons. The molecule has 3 heterocycles. The van der Waals surface area contributed by atoms with Crippen LogP contribution in [0.25, 0.3) is 22.4 Å². The van der Waals surface area contributed by atoms with E-state index in [4.69, 9.17) is 9.15 Å². The zero-order valence-corrected chi connectivity index (χ0v) is 20.4. The number of carbonyl (C=O) groups is 2. The Morgan fingerprint density at radius 2 is 1.79 bits per heavy atom. The molecule has 0 unspecified atom stereocenters. The van der Waals surface area contributed by atoms with Gasteiger partial charge in [-0.05, 0) is 77.4 Å². The highest BCUT2D eigenvalue weighted by Crippen LogP contribution is 2.30. The monoisotopic (exact) mass is 467 g/mol. The molecule has 0 spiro atoms. The second kappa shape index (κ2) is 8.42. The number of aromatic nitrogens is 1. The number of hydrogen-bond donors (Lipinski definition) is 0. The van der Waals surface area contributed by atoms with Crippen molar-refractivity contribution < 1.29 is 23.1 Å². The number of hydrogen-bond acceptors (Lipinski definition) is 5. The Morgan fingerprint density at radius 1 is 1.12 bits per heavy atom. The van der Waals surface area contributed by atoms with Gasteiger partial charge in [-0.15, -0.1) is 0 Å². The van der Waals surface area contributed by atoms with Crippen molar-refractivity contribution in [1.82, 2.24) is 14.8 Å². The van der Waals surface area contributed by atoms with E-state index in [2.05, 4.69) is 4.98 Å². The van der Waals surface area contributed by atoms with Gasteiger partial charge < -0.3 is 19.0 Å². The number of fused-ring (bicyclic) bond motifs is 1. The number of amides is 2. The van der Waals surface area contributed by atoms with Gasteiger partial charge in [-0.25, -0.2) is 14.2 Å². The molecule has 7 nitrogen and oxygen atoms in total. The van der Waals surface area contributed by atoms with E-state index in [1.54, 1.807) is 28.0 Å². The molecule has 2 aromatic heterocycles. The molecular formula is C26H30FN3O4. The number of carbonyl (C=O) groups excluding carboxylic acids is 2. The summed E-state index contributed by atoms with van der Waals surface area (Å²) in [5.41, 5.74) is 2.19. The van der Waals surface area contributed by atoms with Crippen molar-refractivity contribution in [3.8, 4) is 11.3 Å². The molecule has 1 saturated heterocycles. The van der Waals surface area contributed by atoms with Gasteiger partial charge in [-0.3, -0.25) is 4.79 Å². The number of benzene rings is 1. The minimum atomic E-state index is -0.618. The van der Waals surface area contributed by atoms with Crippen molar-refractivity contribution in [1.29, 1.82) is 0 Å². The lowest BCUT2D eigenvalue weighted by atomic mass is 9.98. The average Bonchev–Trinajstić information content (AvgIpc) is 3.17. The van der Waals surface area contributed by atoms with Crippen LogP contribution in [0.3, 0.4) is 0 Å². The molecule has 3 aromatic rings. The molecule has 4 rings (SSSR count). The summed E-state index contributed by atoms with van der Waals surface area (Å²) in [6, 6.07) is 9.62. The predicted octanol–water partition coefficient (Wildman–Crippen LogP) is 5.41. The van der Waals surface area contributed by atoms with Gasteiger partial charge in [0, 0.05) is 31.3 Å². The molecule has 1 aromatic carbocycles. The quantitative estimate of drug-likeness (QED) is 0.503. The Bertz CT molecular complexity index is 1240. The smallest absolute Gasteiger partial charge is 0.410 e. The molecule has 2 amide bonds. The first-order chi connectivity index (χ1) is 15.8. The number of ether oxygens (including phenoxy) is 1. The molecule has 0 aliphatic carbocycles. The van der Waals surface area contributed by atoms with E-state index in [-0.39, 0.29) is 23.6 Å². The van der Waals surface area contributed by atoms with Crippen LogP contribution in [0.2, 0.25) is 0 Å². The van der Waals surface area contributed by atoms with Crippen LogP contribution in [0.5, 0.6) is 0 Å². The van der Waals surface area contributed by atoms with Crippen molar-refractivity contribution in [2.45, 2.75) is 52.7 Å². The van der Waals surface area contributed by atoms with Crippen molar-refractivity contribution in [3.63, 3.8) is 0 Å². The van der Waals surface area contributed by atoms with E-state index >= 15 is 0 Å². The van der Waals surface area contributed by atoms with E-state index in [0.29, 0.717) is 36.4 Å². The van der Waals surface area contributed by atoms with Crippen LogP contribution in [0.4, 0.5) is 9.18 Å². The Morgan fingerprint density at radius 3 is 2.41 bits per heavy atom. The van der Waals surface area contributed by atoms with Gasteiger partial charge in [0.05, 0.1) is 11.2 Å². The lowest BCUT2D eigenvalue weighted by molar-refractivity contribution is -0.0117. The highest BCUT2D eigenvalue weighted by Gasteiger charge is 2.40. The van der Waals surface area contributed by atoms with E-state index in [1.165, 1.54) is 12.1 Å². The van der Waals surface area contributed by atoms with Crippen LogP contribution in [0.1, 0.15) is 50.7 Å². The number of pyridine rings is 1. The molecule has 0 atom stereocenters. The molecule has 1 fully saturated rings. The van der Waals surface area contributed by atoms with Gasteiger partial charge in [0.1, 0.15) is 16.9 Å². The van der Waals surface area contributed by atoms with Gasteiger partial charge in [0.15, 0.2) is 11.3 Å². The summed E-state index contributed by atoms with van der Waals surface area (Å²) in [5.74, 6) is -0.373. The number of aryl methyl sites for hydroxylation is 1. The van der Waals surface area contributed by atoms with Gasteiger partial charge in [0.25, 0.3) is 5.91 Å². The van der Waals surface area contributed by atoms with Crippen LogP contribution < -0.4 is 0 Å². The Hall–Kier alpha value is -3.42. The van der Waals surface area contributed by atoms with Gasteiger partial charge in [-0.2, -0.15) is 0 Å². The second-order valence-corrected chi connectivity index (χ2v) is 10.3. The fraction of sp³-hybridized carbons (Fsp3) is 0.423. The van der Waals surface area contributed by atoms with Crippen molar-refractivity contribution in [2.24, 2.45) is 0 Å². The molecular weight excluding hydrogens is 437 g/mol. The lowest BCUT2D eigenvalue weighted by Gasteiger charge is -2.46. The Balaban J connectivity index is 1.57. The average molecular weight is 468 g/mol. The second-order valence-electron chi connectivity index (χ2n) is 10.3. The third-order valence-electron chi connectivity index (χ3n) is 5.81. The van der Waals surface area contributed by atoms with Gasteiger partial charge in [-0.1, -0.05) is 0 Å². The zero-order valence-electron chi connectivity index (χ0n) is 20.4. The minimum absolute atomic E-state index is 0.195. The summed E-state index contributed by atoms with van der Waals surface area (Å²) in [4.78, 5) is 33.9. The predicted molar refractivity (Wildman–Crippen MR) is 127 cm³/mol. The first-order valence-corrected chi connectivity index (χ1v) is 11.3. The molecule has 0 radical (unpaired) electrons. The fourth-order valence-corrected chi connectivity index (χ4v) is 4.20. The van der Waals surface area contributed by atoms with Crippen molar-refractivity contribution >= 4 is 23.1 Å². The summed E-state index contributed by atoms with van der Waals surface area (Å²) in [6.07, 6.45) is -0.385. The highest BCUT2D eigenvalue weighted by molar-refractivity contribution is 5.96. The standard InChI is InChI=1S/C26H30FN3O4/c1-16-13-19(17-7-9-18(27)10-8-17)28-20-14-21(33-22(16)20)23(31)30-12-11-29(15-26(30,5)6)24(32)34-25(2,3)4/h7-10,13-14H,11-12,15H2,1-6H3. The van der Waals surface area contributed by atoms with Crippen molar-refractivity contribution in [3.05, 3.63) is 53.5 Å². The minimum Gasteiger partial charge on any atom is -0.449 e. The summed E-state index contributed by atoms with van der Waals surface area (Å²) in [7, 11) is 0. The molecule has 8 heteroatoms. The number of furan rings is 1. The number of halogens is 1. The lowest BCUT2D eigenvalue weighted by Crippen LogP contribution is -2.62.